The fraction of sp³-hybridized carbons (Fsp3) is 0.263. The van der Waals surface area contributed by atoms with Gasteiger partial charge in [-0.05, 0) is 35.2 Å². The van der Waals surface area contributed by atoms with Gasteiger partial charge in [0.15, 0.2) is 6.61 Å². The van der Waals surface area contributed by atoms with Crippen molar-refractivity contribution in [1.82, 2.24) is 0 Å². The summed E-state index contributed by atoms with van der Waals surface area (Å²) in [6.07, 6.45) is 0. The van der Waals surface area contributed by atoms with Crippen LogP contribution in [0.5, 0.6) is 11.5 Å². The summed E-state index contributed by atoms with van der Waals surface area (Å²) < 4.78 is 5.38. The zero-order valence-electron chi connectivity index (χ0n) is 14.0. The van der Waals surface area contributed by atoms with Crippen molar-refractivity contribution >= 4 is 11.6 Å². The van der Waals surface area contributed by atoms with Crippen molar-refractivity contribution in [2.75, 3.05) is 11.9 Å². The number of rotatable bonds is 4. The largest absolute Gasteiger partial charge is 0.506 e. The summed E-state index contributed by atoms with van der Waals surface area (Å²) in [4.78, 5) is 12.1. The van der Waals surface area contributed by atoms with Crippen molar-refractivity contribution < 1.29 is 14.6 Å². The van der Waals surface area contributed by atoms with Crippen LogP contribution in [0.4, 0.5) is 5.69 Å². The first-order valence-electron chi connectivity index (χ1n) is 7.56. The lowest BCUT2D eigenvalue weighted by molar-refractivity contribution is -0.118. The molecule has 0 aliphatic heterocycles. The predicted molar refractivity (Wildman–Crippen MR) is 92.1 cm³/mol. The van der Waals surface area contributed by atoms with Crippen molar-refractivity contribution in [2.45, 2.75) is 26.2 Å². The second kappa shape index (κ2) is 7.05. The average molecular weight is 324 g/mol. The SMILES string of the molecule is CC(C)(C)c1ccc(O)c(NC(=O)COc2ccccc2C#N)c1. The summed E-state index contributed by atoms with van der Waals surface area (Å²) in [6.45, 7) is 5.89. The van der Waals surface area contributed by atoms with E-state index >= 15 is 0 Å². The van der Waals surface area contributed by atoms with Crippen LogP contribution in [-0.4, -0.2) is 17.6 Å². The minimum absolute atomic E-state index is 0.00576. The van der Waals surface area contributed by atoms with Gasteiger partial charge in [-0.1, -0.05) is 39.0 Å². The van der Waals surface area contributed by atoms with E-state index in [1.54, 1.807) is 36.4 Å². The van der Waals surface area contributed by atoms with Gasteiger partial charge < -0.3 is 15.2 Å². The smallest absolute Gasteiger partial charge is 0.262 e. The lowest BCUT2D eigenvalue weighted by Gasteiger charge is -2.20. The number of anilines is 1. The first-order valence-corrected chi connectivity index (χ1v) is 7.56. The third-order valence-electron chi connectivity index (χ3n) is 3.50. The number of phenols is 1. The van der Waals surface area contributed by atoms with Gasteiger partial charge in [0.1, 0.15) is 17.6 Å². The first-order chi connectivity index (χ1) is 11.3. The van der Waals surface area contributed by atoms with Gasteiger partial charge >= 0.3 is 0 Å². The van der Waals surface area contributed by atoms with E-state index in [-0.39, 0.29) is 17.8 Å². The summed E-state index contributed by atoms with van der Waals surface area (Å²) in [5.41, 5.74) is 1.59. The molecule has 124 valence electrons. The number of hydrogen-bond acceptors (Lipinski definition) is 4. The Morgan fingerprint density at radius 3 is 2.62 bits per heavy atom. The molecule has 0 bridgehead atoms. The van der Waals surface area contributed by atoms with Gasteiger partial charge in [0.25, 0.3) is 5.91 Å². The van der Waals surface area contributed by atoms with Crippen molar-refractivity contribution in [1.29, 1.82) is 5.26 Å². The van der Waals surface area contributed by atoms with Crippen LogP contribution in [0, 0.1) is 11.3 Å². The molecule has 24 heavy (non-hydrogen) atoms. The summed E-state index contributed by atoms with van der Waals surface area (Å²) >= 11 is 0. The fourth-order valence-corrected chi connectivity index (χ4v) is 2.12. The van der Waals surface area contributed by atoms with Crippen LogP contribution in [-0.2, 0) is 10.2 Å². The van der Waals surface area contributed by atoms with E-state index in [4.69, 9.17) is 10.00 Å². The van der Waals surface area contributed by atoms with Gasteiger partial charge in [-0.25, -0.2) is 0 Å². The molecule has 0 radical (unpaired) electrons. The highest BCUT2D eigenvalue weighted by Gasteiger charge is 2.16. The van der Waals surface area contributed by atoms with E-state index in [2.05, 4.69) is 5.32 Å². The summed E-state index contributed by atoms with van der Waals surface area (Å²) in [5, 5.41) is 21.6. The van der Waals surface area contributed by atoms with Crippen LogP contribution in [0.2, 0.25) is 0 Å². The van der Waals surface area contributed by atoms with Crippen molar-refractivity contribution in [3.63, 3.8) is 0 Å². The molecule has 0 spiro atoms. The number of hydrogen-bond donors (Lipinski definition) is 2. The third-order valence-corrected chi connectivity index (χ3v) is 3.50. The standard InChI is InChI=1S/C19H20N2O3/c1-19(2,3)14-8-9-16(22)15(10-14)21-18(23)12-24-17-7-5-4-6-13(17)11-20/h4-10,22H,12H2,1-3H3,(H,21,23). The molecule has 5 heteroatoms. The van der Waals surface area contributed by atoms with Crippen molar-refractivity contribution in [3.05, 3.63) is 53.6 Å². The van der Waals surface area contributed by atoms with Crippen LogP contribution in [0.1, 0.15) is 31.9 Å². The van der Waals surface area contributed by atoms with Gasteiger partial charge in [0, 0.05) is 0 Å². The topological polar surface area (TPSA) is 82.3 Å². The van der Waals surface area contributed by atoms with E-state index < -0.39 is 5.91 Å². The molecule has 0 aliphatic carbocycles. The number of ether oxygens (including phenoxy) is 1. The number of aromatic hydroxyl groups is 1. The molecule has 2 aromatic carbocycles. The predicted octanol–water partition coefficient (Wildman–Crippen LogP) is 3.58. The van der Waals surface area contributed by atoms with Crippen molar-refractivity contribution in [3.8, 4) is 17.6 Å². The maximum Gasteiger partial charge on any atom is 0.262 e. The van der Waals surface area contributed by atoms with E-state index in [0.29, 0.717) is 17.0 Å². The quantitative estimate of drug-likeness (QED) is 0.842. The van der Waals surface area contributed by atoms with E-state index in [1.807, 2.05) is 32.9 Å². The minimum atomic E-state index is -0.413. The van der Waals surface area contributed by atoms with E-state index in [0.717, 1.165) is 5.56 Å². The number of nitrogens with one attached hydrogen (secondary N) is 1. The average Bonchev–Trinajstić information content (AvgIpc) is 2.54. The molecule has 2 aromatic rings. The first kappa shape index (κ1) is 17.4. The third kappa shape index (κ3) is 4.26. The number of benzene rings is 2. The zero-order chi connectivity index (χ0) is 17.7. The molecular weight excluding hydrogens is 304 g/mol. The molecule has 0 saturated carbocycles. The Bertz CT molecular complexity index is 786. The number of nitrogens with zero attached hydrogens (tertiary/aromatic N) is 1. The molecule has 5 nitrogen and oxygen atoms in total. The Kier molecular flexibility index (Phi) is 5.10. The molecule has 0 unspecified atom stereocenters. The highest BCUT2D eigenvalue weighted by Crippen LogP contribution is 2.30. The Morgan fingerprint density at radius 1 is 1.25 bits per heavy atom. The molecular formula is C19H20N2O3. The fourth-order valence-electron chi connectivity index (χ4n) is 2.12. The molecule has 2 rings (SSSR count). The summed E-state index contributed by atoms with van der Waals surface area (Å²) in [7, 11) is 0. The Labute approximate surface area is 141 Å². The normalized spacial score (nSPS) is 10.8. The Hall–Kier alpha value is -3.00. The van der Waals surface area contributed by atoms with Crippen LogP contribution >= 0.6 is 0 Å². The maximum atomic E-state index is 12.1. The highest BCUT2D eigenvalue weighted by atomic mass is 16.5. The van der Waals surface area contributed by atoms with Gasteiger partial charge in [-0.15, -0.1) is 0 Å². The Balaban J connectivity index is 2.06. The lowest BCUT2D eigenvalue weighted by atomic mass is 9.87. The molecule has 0 aliphatic rings. The van der Waals surface area contributed by atoms with Crippen LogP contribution in [0.15, 0.2) is 42.5 Å². The number of carbonyl (C=O) groups excluding carboxylic acids is 1. The molecule has 0 fully saturated rings. The zero-order valence-corrected chi connectivity index (χ0v) is 14.0. The van der Waals surface area contributed by atoms with Crippen LogP contribution in [0.3, 0.4) is 0 Å². The second-order valence-electron chi connectivity index (χ2n) is 6.43. The molecule has 1 amide bonds. The van der Waals surface area contributed by atoms with Gasteiger partial charge in [-0.2, -0.15) is 5.26 Å². The summed E-state index contributed by atoms with van der Waals surface area (Å²) in [5.74, 6) is -0.0688. The minimum Gasteiger partial charge on any atom is -0.506 e. The second-order valence-corrected chi connectivity index (χ2v) is 6.43. The van der Waals surface area contributed by atoms with Crippen LogP contribution in [0.25, 0.3) is 0 Å². The van der Waals surface area contributed by atoms with Crippen LogP contribution < -0.4 is 10.1 Å². The van der Waals surface area contributed by atoms with Gasteiger partial charge in [-0.3, -0.25) is 4.79 Å². The maximum absolute atomic E-state index is 12.1. The lowest BCUT2D eigenvalue weighted by Crippen LogP contribution is -2.21. The Morgan fingerprint density at radius 2 is 1.96 bits per heavy atom. The number of amides is 1. The molecule has 0 heterocycles. The highest BCUT2D eigenvalue weighted by molar-refractivity contribution is 5.93. The van der Waals surface area contributed by atoms with Crippen molar-refractivity contribution in [2.24, 2.45) is 0 Å². The van der Waals surface area contributed by atoms with E-state index in [9.17, 15) is 9.90 Å². The summed E-state index contributed by atoms with van der Waals surface area (Å²) in [6, 6.07) is 13.8. The number of phenolic OH excluding ortho intramolecular Hbond substituents is 1. The molecule has 0 saturated heterocycles. The molecule has 0 aromatic heterocycles. The van der Waals surface area contributed by atoms with Gasteiger partial charge in [0.05, 0.1) is 11.3 Å². The number of carbonyl (C=O) groups is 1. The van der Waals surface area contributed by atoms with E-state index in [1.165, 1.54) is 0 Å². The number of nitriles is 1. The monoisotopic (exact) mass is 324 g/mol. The van der Waals surface area contributed by atoms with Gasteiger partial charge in [0.2, 0.25) is 0 Å². The molecule has 0 atom stereocenters. The molecule has 2 N–H and O–H groups in total. The number of para-hydroxylation sites is 1.